The number of thioether (sulfide) groups is 1. The molecule has 1 rings (SSSR count). The third-order valence-corrected chi connectivity index (χ3v) is 1.77. The van der Waals surface area contributed by atoms with E-state index in [0.717, 1.165) is 5.16 Å². The highest BCUT2D eigenvalue weighted by Gasteiger charge is 2.00. The van der Waals surface area contributed by atoms with Gasteiger partial charge in [0.1, 0.15) is 0 Å². The number of anilines is 1. The summed E-state index contributed by atoms with van der Waals surface area (Å²) in [7, 11) is 1.83. The SMILES string of the molecule is CSc1nnc(N)n1C. The van der Waals surface area contributed by atoms with Crippen LogP contribution in [0, 0.1) is 0 Å². The van der Waals surface area contributed by atoms with Crippen molar-refractivity contribution in [2.45, 2.75) is 5.16 Å². The van der Waals surface area contributed by atoms with E-state index in [0.29, 0.717) is 5.95 Å². The highest BCUT2D eigenvalue weighted by molar-refractivity contribution is 7.98. The van der Waals surface area contributed by atoms with Crippen molar-refractivity contribution in [2.75, 3.05) is 12.0 Å². The van der Waals surface area contributed by atoms with Crippen LogP contribution >= 0.6 is 11.8 Å². The van der Waals surface area contributed by atoms with E-state index in [1.807, 2.05) is 13.3 Å². The van der Waals surface area contributed by atoms with E-state index < -0.39 is 0 Å². The summed E-state index contributed by atoms with van der Waals surface area (Å²) in [6, 6.07) is 0. The fourth-order valence-corrected chi connectivity index (χ4v) is 0.994. The van der Waals surface area contributed by atoms with Crippen molar-refractivity contribution in [1.82, 2.24) is 14.8 Å². The van der Waals surface area contributed by atoms with E-state index in [1.165, 1.54) is 11.8 Å². The van der Waals surface area contributed by atoms with E-state index in [1.54, 1.807) is 4.57 Å². The summed E-state index contributed by atoms with van der Waals surface area (Å²) >= 11 is 1.53. The highest BCUT2D eigenvalue weighted by Crippen LogP contribution is 2.11. The largest absolute Gasteiger partial charge is 0.368 e. The molecule has 0 amide bonds. The molecule has 5 heteroatoms. The Morgan fingerprint density at radius 3 is 2.44 bits per heavy atom. The maximum Gasteiger partial charge on any atom is 0.222 e. The summed E-state index contributed by atoms with van der Waals surface area (Å²) < 4.78 is 1.74. The lowest BCUT2D eigenvalue weighted by molar-refractivity contribution is 0.797. The molecule has 1 heterocycles. The molecule has 1 aromatic rings. The minimum atomic E-state index is 0.458. The second-order valence-corrected chi connectivity index (χ2v) is 2.38. The van der Waals surface area contributed by atoms with E-state index in [9.17, 15) is 0 Å². The van der Waals surface area contributed by atoms with Gasteiger partial charge in [-0.15, -0.1) is 10.2 Å². The van der Waals surface area contributed by atoms with Crippen LogP contribution in [-0.4, -0.2) is 21.0 Å². The van der Waals surface area contributed by atoms with Gasteiger partial charge in [0.05, 0.1) is 0 Å². The van der Waals surface area contributed by atoms with Crippen molar-refractivity contribution < 1.29 is 0 Å². The lowest BCUT2D eigenvalue weighted by atomic mass is 11.0. The molecule has 0 bridgehead atoms. The van der Waals surface area contributed by atoms with Gasteiger partial charge in [-0.2, -0.15) is 0 Å². The standard InChI is InChI=1S/C4H8N4S/c1-8-3(5)6-7-4(8)9-2/h1-2H3,(H2,5,6). The van der Waals surface area contributed by atoms with Gasteiger partial charge in [-0.25, -0.2) is 0 Å². The Morgan fingerprint density at radius 1 is 1.56 bits per heavy atom. The van der Waals surface area contributed by atoms with E-state index in [4.69, 9.17) is 5.73 Å². The van der Waals surface area contributed by atoms with E-state index >= 15 is 0 Å². The summed E-state index contributed by atoms with van der Waals surface area (Å²) in [6.45, 7) is 0. The van der Waals surface area contributed by atoms with Gasteiger partial charge in [0, 0.05) is 7.05 Å². The van der Waals surface area contributed by atoms with Crippen LogP contribution in [0.15, 0.2) is 5.16 Å². The second kappa shape index (κ2) is 2.26. The summed E-state index contributed by atoms with van der Waals surface area (Å²) in [6.07, 6.45) is 1.93. The number of nitrogens with zero attached hydrogens (tertiary/aromatic N) is 3. The maximum absolute atomic E-state index is 5.39. The minimum absolute atomic E-state index is 0.458. The molecule has 1 aromatic heterocycles. The Kier molecular flexibility index (Phi) is 1.61. The molecule has 0 atom stereocenters. The van der Waals surface area contributed by atoms with Gasteiger partial charge < -0.3 is 5.73 Å². The van der Waals surface area contributed by atoms with Crippen LogP contribution in [0.1, 0.15) is 0 Å². The zero-order valence-corrected chi connectivity index (χ0v) is 6.14. The molecule has 4 nitrogen and oxygen atoms in total. The smallest absolute Gasteiger partial charge is 0.222 e. The summed E-state index contributed by atoms with van der Waals surface area (Å²) in [4.78, 5) is 0. The maximum atomic E-state index is 5.39. The Labute approximate surface area is 57.5 Å². The Hall–Kier alpha value is -0.710. The molecular formula is C4H8N4S. The molecule has 0 aliphatic rings. The normalized spacial score (nSPS) is 10.0. The molecule has 0 saturated heterocycles. The van der Waals surface area contributed by atoms with Gasteiger partial charge in [-0.05, 0) is 6.26 Å². The Bertz CT molecular complexity index is 206. The van der Waals surface area contributed by atoms with E-state index in [2.05, 4.69) is 10.2 Å². The lowest BCUT2D eigenvalue weighted by Crippen LogP contribution is -1.97. The molecule has 50 valence electrons. The topological polar surface area (TPSA) is 56.7 Å². The van der Waals surface area contributed by atoms with Crippen molar-refractivity contribution in [3.05, 3.63) is 0 Å². The van der Waals surface area contributed by atoms with Crippen molar-refractivity contribution in [3.63, 3.8) is 0 Å². The fourth-order valence-electron chi connectivity index (χ4n) is 0.504. The quantitative estimate of drug-likeness (QED) is 0.569. The zero-order valence-electron chi connectivity index (χ0n) is 5.33. The van der Waals surface area contributed by atoms with Crippen molar-refractivity contribution in [1.29, 1.82) is 0 Å². The summed E-state index contributed by atoms with van der Waals surface area (Å²) in [5, 5.41) is 8.28. The molecule has 0 aliphatic carbocycles. The molecule has 0 aliphatic heterocycles. The summed E-state index contributed by atoms with van der Waals surface area (Å²) in [5.41, 5.74) is 5.39. The first-order chi connectivity index (χ1) is 4.25. The van der Waals surface area contributed by atoms with Crippen molar-refractivity contribution in [2.24, 2.45) is 7.05 Å². The van der Waals surface area contributed by atoms with Crippen LogP contribution in [0.5, 0.6) is 0 Å². The molecule has 0 aromatic carbocycles. The summed E-state index contributed by atoms with van der Waals surface area (Å²) in [5.74, 6) is 0.458. The first-order valence-electron chi connectivity index (χ1n) is 2.44. The van der Waals surface area contributed by atoms with Crippen LogP contribution in [0.4, 0.5) is 5.95 Å². The molecular weight excluding hydrogens is 136 g/mol. The van der Waals surface area contributed by atoms with Crippen LogP contribution in [0.25, 0.3) is 0 Å². The van der Waals surface area contributed by atoms with Gasteiger partial charge in [0.15, 0.2) is 5.16 Å². The van der Waals surface area contributed by atoms with Crippen molar-refractivity contribution >= 4 is 17.7 Å². The molecule has 0 unspecified atom stereocenters. The van der Waals surface area contributed by atoms with Crippen LogP contribution < -0.4 is 5.73 Å². The van der Waals surface area contributed by atoms with E-state index in [-0.39, 0.29) is 0 Å². The molecule has 9 heavy (non-hydrogen) atoms. The fraction of sp³-hybridized carbons (Fsp3) is 0.500. The number of nitrogen functional groups attached to an aromatic ring is 1. The molecule has 0 spiro atoms. The van der Waals surface area contributed by atoms with Gasteiger partial charge in [0.2, 0.25) is 5.95 Å². The van der Waals surface area contributed by atoms with Crippen molar-refractivity contribution in [3.8, 4) is 0 Å². The van der Waals surface area contributed by atoms with Crippen LogP contribution in [0.3, 0.4) is 0 Å². The van der Waals surface area contributed by atoms with Gasteiger partial charge in [0.25, 0.3) is 0 Å². The molecule has 0 fully saturated rings. The minimum Gasteiger partial charge on any atom is -0.368 e. The average molecular weight is 144 g/mol. The first kappa shape index (κ1) is 6.41. The zero-order chi connectivity index (χ0) is 6.85. The van der Waals surface area contributed by atoms with Gasteiger partial charge in [-0.1, -0.05) is 11.8 Å². The second-order valence-electron chi connectivity index (χ2n) is 1.60. The van der Waals surface area contributed by atoms with Crippen LogP contribution in [0.2, 0.25) is 0 Å². The van der Waals surface area contributed by atoms with Gasteiger partial charge >= 0.3 is 0 Å². The first-order valence-corrected chi connectivity index (χ1v) is 3.67. The Morgan fingerprint density at radius 2 is 2.22 bits per heavy atom. The predicted octanol–water partition coefficient (Wildman–Crippen LogP) is 0.119. The third kappa shape index (κ3) is 0.999. The Balaban J connectivity index is 3.04. The van der Waals surface area contributed by atoms with Crippen LogP contribution in [-0.2, 0) is 7.05 Å². The number of hydrogen-bond donors (Lipinski definition) is 1. The average Bonchev–Trinajstić information content (AvgIpc) is 2.15. The molecule has 0 saturated carbocycles. The third-order valence-electron chi connectivity index (χ3n) is 1.05. The number of aromatic nitrogens is 3. The number of rotatable bonds is 1. The predicted molar refractivity (Wildman–Crippen MR) is 37.2 cm³/mol. The molecule has 2 N–H and O–H groups in total. The monoisotopic (exact) mass is 144 g/mol. The number of hydrogen-bond acceptors (Lipinski definition) is 4. The lowest BCUT2D eigenvalue weighted by Gasteiger charge is -1.93. The number of nitrogens with two attached hydrogens (primary N) is 1. The van der Waals surface area contributed by atoms with Gasteiger partial charge in [-0.3, -0.25) is 4.57 Å². The molecule has 0 radical (unpaired) electrons. The highest BCUT2D eigenvalue weighted by atomic mass is 32.2.